The summed E-state index contributed by atoms with van der Waals surface area (Å²) in [5, 5.41) is 2.77. The first kappa shape index (κ1) is 27.9. The molecule has 3 aromatic carbocycles. The van der Waals surface area contributed by atoms with Gasteiger partial charge in [-0.15, -0.1) is 0 Å². The zero-order chi connectivity index (χ0) is 27.0. The molecule has 0 saturated heterocycles. The molecule has 0 aromatic heterocycles. The number of nitrogens with zero attached hydrogens (tertiary/aromatic N) is 1. The lowest BCUT2D eigenvalue weighted by atomic mass is 10.0. The first-order valence-corrected chi connectivity index (χ1v) is 12.2. The maximum absolute atomic E-state index is 13.1. The van der Waals surface area contributed by atoms with Crippen LogP contribution in [0, 0.1) is 0 Å². The summed E-state index contributed by atoms with van der Waals surface area (Å²) in [6.07, 6.45) is -3.24. The van der Waals surface area contributed by atoms with Gasteiger partial charge >= 0.3 is 6.18 Å². The van der Waals surface area contributed by atoms with Gasteiger partial charge in [0.25, 0.3) is 0 Å². The summed E-state index contributed by atoms with van der Waals surface area (Å²) in [5.74, 6) is 0.965. The molecular weight excluding hydrogens is 481 g/mol. The summed E-state index contributed by atoms with van der Waals surface area (Å²) in [5.41, 5.74) is 1.70. The van der Waals surface area contributed by atoms with Gasteiger partial charge in [0.05, 0.1) is 18.8 Å². The van der Waals surface area contributed by atoms with E-state index in [1.54, 1.807) is 14.2 Å². The second-order valence-corrected chi connectivity index (χ2v) is 8.92. The van der Waals surface area contributed by atoms with Crippen molar-refractivity contribution >= 4 is 11.6 Å². The van der Waals surface area contributed by atoms with Crippen molar-refractivity contribution in [2.75, 3.05) is 25.6 Å². The van der Waals surface area contributed by atoms with Gasteiger partial charge in [0, 0.05) is 25.3 Å². The molecular formula is C29H33F3N2O3. The normalized spacial score (nSPS) is 12.2. The van der Waals surface area contributed by atoms with E-state index in [0.29, 0.717) is 30.9 Å². The first-order valence-electron chi connectivity index (χ1n) is 12.2. The number of nitrogens with one attached hydrogen (secondary N) is 1. The molecule has 1 amide bonds. The number of ether oxygens (including phenoxy) is 2. The van der Waals surface area contributed by atoms with Gasteiger partial charge in [-0.3, -0.25) is 4.79 Å². The third-order valence-corrected chi connectivity index (χ3v) is 5.91. The van der Waals surface area contributed by atoms with E-state index in [1.807, 2.05) is 67.3 Å². The Bertz CT molecular complexity index is 1150. The summed E-state index contributed by atoms with van der Waals surface area (Å²) >= 11 is 0. The molecule has 0 aliphatic rings. The lowest BCUT2D eigenvalue weighted by Crippen LogP contribution is -2.40. The van der Waals surface area contributed by atoms with Crippen LogP contribution < -0.4 is 19.7 Å². The lowest BCUT2D eigenvalue weighted by molar-refractivity contribution is -0.137. The first-order chi connectivity index (χ1) is 17.6. The van der Waals surface area contributed by atoms with Gasteiger partial charge in [-0.2, -0.15) is 13.2 Å². The molecule has 0 fully saturated rings. The Kier molecular flexibility index (Phi) is 9.44. The Hall–Kier alpha value is -3.68. The minimum Gasteiger partial charge on any atom is -0.493 e. The number of likely N-dealkylation sites (N-methyl/N-ethyl adjacent to an activating group) is 1. The predicted molar refractivity (Wildman–Crippen MR) is 139 cm³/mol. The Morgan fingerprint density at radius 2 is 1.65 bits per heavy atom. The second-order valence-electron chi connectivity index (χ2n) is 8.92. The van der Waals surface area contributed by atoms with Crippen molar-refractivity contribution in [1.29, 1.82) is 0 Å². The minimum atomic E-state index is -4.36. The average Bonchev–Trinajstić information content (AvgIpc) is 2.88. The van der Waals surface area contributed by atoms with Crippen LogP contribution in [0.25, 0.3) is 0 Å². The number of hydrogen-bond acceptors (Lipinski definition) is 4. The molecule has 0 bridgehead atoms. The van der Waals surface area contributed by atoms with E-state index in [-0.39, 0.29) is 12.0 Å². The SMILES string of the molecule is CNC(=O)C(c1ccccc1)N(CCCc1ccc(C(F)(F)F)cc1)c1ccc(OC(C)C)c(OC)c1. The Labute approximate surface area is 216 Å². The minimum absolute atomic E-state index is 0.0393. The summed E-state index contributed by atoms with van der Waals surface area (Å²) in [4.78, 5) is 15.1. The highest BCUT2D eigenvalue weighted by Crippen LogP contribution is 2.36. The van der Waals surface area contributed by atoms with Gasteiger partial charge in [-0.05, 0) is 62.1 Å². The zero-order valence-corrected chi connectivity index (χ0v) is 21.5. The van der Waals surface area contributed by atoms with Gasteiger partial charge in [-0.25, -0.2) is 0 Å². The van der Waals surface area contributed by atoms with E-state index < -0.39 is 17.8 Å². The fourth-order valence-corrected chi connectivity index (χ4v) is 4.15. The van der Waals surface area contributed by atoms with Crippen molar-refractivity contribution in [2.45, 2.75) is 45.0 Å². The Morgan fingerprint density at radius 3 is 2.22 bits per heavy atom. The monoisotopic (exact) mass is 514 g/mol. The quantitative estimate of drug-likeness (QED) is 0.321. The molecule has 1 atom stereocenters. The molecule has 1 unspecified atom stereocenters. The van der Waals surface area contributed by atoms with E-state index in [1.165, 1.54) is 12.1 Å². The number of anilines is 1. The van der Waals surface area contributed by atoms with Crippen molar-refractivity contribution in [1.82, 2.24) is 5.32 Å². The van der Waals surface area contributed by atoms with Crippen LogP contribution in [-0.4, -0.2) is 32.7 Å². The lowest BCUT2D eigenvalue weighted by Gasteiger charge is -2.33. The number of methoxy groups -OCH3 is 1. The van der Waals surface area contributed by atoms with Crippen molar-refractivity contribution < 1.29 is 27.4 Å². The maximum atomic E-state index is 13.1. The van der Waals surface area contributed by atoms with Gasteiger partial charge in [0.15, 0.2) is 11.5 Å². The van der Waals surface area contributed by atoms with E-state index in [4.69, 9.17) is 9.47 Å². The number of hydrogen-bond donors (Lipinski definition) is 1. The van der Waals surface area contributed by atoms with E-state index in [2.05, 4.69) is 5.32 Å². The number of carbonyl (C=O) groups is 1. The third-order valence-electron chi connectivity index (χ3n) is 5.91. The zero-order valence-electron chi connectivity index (χ0n) is 21.5. The number of alkyl halides is 3. The molecule has 0 heterocycles. The van der Waals surface area contributed by atoms with Crippen LogP contribution >= 0.6 is 0 Å². The van der Waals surface area contributed by atoms with E-state index in [0.717, 1.165) is 28.9 Å². The highest BCUT2D eigenvalue weighted by atomic mass is 19.4. The molecule has 0 aliphatic carbocycles. The van der Waals surface area contributed by atoms with Gasteiger partial charge in [0.1, 0.15) is 6.04 Å². The molecule has 8 heteroatoms. The molecule has 198 valence electrons. The number of halogens is 3. The highest BCUT2D eigenvalue weighted by Gasteiger charge is 2.30. The third kappa shape index (κ3) is 7.41. The molecule has 0 radical (unpaired) electrons. The topological polar surface area (TPSA) is 50.8 Å². The molecule has 3 aromatic rings. The van der Waals surface area contributed by atoms with Crippen LogP contribution in [0.1, 0.15) is 43.0 Å². The van der Waals surface area contributed by atoms with Crippen LogP contribution in [0.2, 0.25) is 0 Å². The smallest absolute Gasteiger partial charge is 0.416 e. The van der Waals surface area contributed by atoms with Gasteiger partial charge in [0.2, 0.25) is 5.91 Å². The summed E-state index contributed by atoms with van der Waals surface area (Å²) in [6, 6.07) is 19.6. The molecule has 3 rings (SSSR count). The maximum Gasteiger partial charge on any atom is 0.416 e. The molecule has 0 saturated carbocycles. The van der Waals surface area contributed by atoms with Crippen LogP contribution in [-0.2, 0) is 17.4 Å². The van der Waals surface area contributed by atoms with Gasteiger partial charge in [-0.1, -0.05) is 42.5 Å². The number of carbonyl (C=O) groups excluding carboxylic acids is 1. The summed E-state index contributed by atoms with van der Waals surface area (Å²) in [7, 11) is 3.16. The second kappa shape index (κ2) is 12.5. The van der Waals surface area contributed by atoms with Crippen molar-refractivity contribution in [2.24, 2.45) is 0 Å². The predicted octanol–water partition coefficient (Wildman–Crippen LogP) is 6.43. The summed E-state index contributed by atoms with van der Waals surface area (Å²) < 4.78 is 50.2. The van der Waals surface area contributed by atoms with Crippen molar-refractivity contribution in [3.63, 3.8) is 0 Å². The number of rotatable bonds is 11. The van der Waals surface area contributed by atoms with Crippen LogP contribution in [0.3, 0.4) is 0 Å². The van der Waals surface area contributed by atoms with Crippen LogP contribution in [0.5, 0.6) is 11.5 Å². The van der Waals surface area contributed by atoms with Crippen LogP contribution in [0.15, 0.2) is 72.8 Å². The highest BCUT2D eigenvalue weighted by molar-refractivity contribution is 5.86. The number of benzene rings is 3. The molecule has 37 heavy (non-hydrogen) atoms. The number of aryl methyl sites for hydroxylation is 1. The molecule has 1 N–H and O–H groups in total. The Morgan fingerprint density at radius 1 is 0.973 bits per heavy atom. The van der Waals surface area contributed by atoms with Gasteiger partial charge < -0.3 is 19.7 Å². The average molecular weight is 515 g/mol. The molecule has 0 spiro atoms. The molecule has 5 nitrogen and oxygen atoms in total. The number of amides is 1. The standard InChI is InChI=1S/C29H33F3N2O3/c1-20(2)37-25-17-16-24(19-26(25)36-4)34(27(28(35)33-3)22-10-6-5-7-11-22)18-8-9-21-12-14-23(15-13-21)29(30,31)32/h5-7,10-17,19-20,27H,8-9,18H2,1-4H3,(H,33,35). The summed E-state index contributed by atoms with van der Waals surface area (Å²) in [6.45, 7) is 4.33. The van der Waals surface area contributed by atoms with E-state index >= 15 is 0 Å². The van der Waals surface area contributed by atoms with Crippen molar-refractivity contribution in [3.8, 4) is 11.5 Å². The van der Waals surface area contributed by atoms with Crippen molar-refractivity contribution in [3.05, 3.63) is 89.5 Å². The molecule has 0 aliphatic heterocycles. The Balaban J connectivity index is 1.93. The fraction of sp³-hybridized carbons (Fsp3) is 0.345. The fourth-order valence-electron chi connectivity index (χ4n) is 4.15. The van der Waals surface area contributed by atoms with E-state index in [9.17, 15) is 18.0 Å². The van der Waals surface area contributed by atoms with Crippen LogP contribution in [0.4, 0.5) is 18.9 Å². The largest absolute Gasteiger partial charge is 0.493 e.